The molecule has 0 amide bonds. The second-order valence-electron chi connectivity index (χ2n) is 5.76. The van der Waals surface area contributed by atoms with E-state index >= 15 is 0 Å². The van der Waals surface area contributed by atoms with Crippen LogP contribution in [0.15, 0.2) is 55.1 Å². The van der Waals surface area contributed by atoms with E-state index in [4.69, 9.17) is 14.2 Å². The van der Waals surface area contributed by atoms with Gasteiger partial charge in [-0.1, -0.05) is 24.3 Å². The highest BCUT2D eigenvalue weighted by Gasteiger charge is 2.10. The molecule has 0 aromatic heterocycles. The number of rotatable bonds is 8. The first-order valence-electron chi connectivity index (χ1n) is 8.31. The van der Waals surface area contributed by atoms with Crippen LogP contribution < -0.4 is 9.47 Å². The van der Waals surface area contributed by atoms with Gasteiger partial charge in [0.1, 0.15) is 11.5 Å². The van der Waals surface area contributed by atoms with Crippen molar-refractivity contribution in [2.45, 2.75) is 20.3 Å². The summed E-state index contributed by atoms with van der Waals surface area (Å²) in [6, 6.07) is 12.4. The van der Waals surface area contributed by atoms with E-state index in [1.807, 2.05) is 26.0 Å². The first kappa shape index (κ1) is 19.2. The Bertz CT molecular complexity index is 777. The Hall–Kier alpha value is -3.08. The molecule has 0 heterocycles. The van der Waals surface area contributed by atoms with E-state index in [-0.39, 0.29) is 6.61 Å². The van der Waals surface area contributed by atoms with Crippen LogP contribution in [0.5, 0.6) is 11.5 Å². The van der Waals surface area contributed by atoms with Gasteiger partial charge in [-0.3, -0.25) is 0 Å². The molecule has 0 aliphatic carbocycles. The molecule has 0 saturated carbocycles. The van der Waals surface area contributed by atoms with Crippen molar-refractivity contribution in [1.29, 1.82) is 0 Å². The van der Waals surface area contributed by atoms with Crippen LogP contribution in [-0.2, 0) is 9.53 Å². The van der Waals surface area contributed by atoms with Gasteiger partial charge in [-0.2, -0.15) is 0 Å². The Kier molecular flexibility index (Phi) is 6.97. The van der Waals surface area contributed by atoms with Crippen molar-refractivity contribution in [2.75, 3.05) is 13.2 Å². The van der Waals surface area contributed by atoms with Crippen LogP contribution in [-0.4, -0.2) is 25.2 Å². The first-order chi connectivity index (χ1) is 12.5. The number of ether oxygens (including phenoxy) is 3. The molecular weight excluding hydrogens is 332 g/mol. The molecule has 2 aromatic carbocycles. The number of carbonyl (C=O) groups excluding carboxylic acids is 2. The van der Waals surface area contributed by atoms with Gasteiger partial charge in [0.05, 0.1) is 18.8 Å². The van der Waals surface area contributed by atoms with Gasteiger partial charge in [-0.05, 0) is 49.7 Å². The lowest BCUT2D eigenvalue weighted by molar-refractivity contribution is -0.137. The lowest BCUT2D eigenvalue weighted by atomic mass is 10.1. The maximum absolute atomic E-state index is 12.2. The van der Waals surface area contributed by atoms with Crippen LogP contribution >= 0.6 is 0 Å². The van der Waals surface area contributed by atoms with Gasteiger partial charge in [0.2, 0.25) is 0 Å². The summed E-state index contributed by atoms with van der Waals surface area (Å²) in [7, 11) is 0. The van der Waals surface area contributed by atoms with E-state index in [1.54, 1.807) is 30.3 Å². The van der Waals surface area contributed by atoms with E-state index < -0.39 is 11.9 Å². The standard InChI is InChI=1S/C21H22O5/c1-4-20(22)25-13-5-12-24-18-9-7-17(8-10-18)21(23)26-19-11-6-15(2)14-16(19)3/h4,6-11,14H,1,5,12-13H2,2-3H3. The van der Waals surface area contributed by atoms with Crippen LogP contribution in [0.2, 0.25) is 0 Å². The summed E-state index contributed by atoms with van der Waals surface area (Å²) in [4.78, 5) is 23.1. The molecule has 0 fully saturated rings. The van der Waals surface area contributed by atoms with Gasteiger partial charge in [0.15, 0.2) is 0 Å². The van der Waals surface area contributed by atoms with Crippen LogP contribution in [0.1, 0.15) is 27.9 Å². The number of hydrogen-bond donors (Lipinski definition) is 0. The van der Waals surface area contributed by atoms with Crippen molar-refractivity contribution < 1.29 is 23.8 Å². The number of benzene rings is 2. The third-order valence-electron chi connectivity index (χ3n) is 3.59. The molecule has 0 spiro atoms. The van der Waals surface area contributed by atoms with Crippen molar-refractivity contribution >= 4 is 11.9 Å². The molecule has 26 heavy (non-hydrogen) atoms. The number of aryl methyl sites for hydroxylation is 2. The van der Waals surface area contributed by atoms with Gasteiger partial charge in [-0.25, -0.2) is 9.59 Å². The summed E-state index contributed by atoms with van der Waals surface area (Å²) in [5.74, 6) is 0.314. The summed E-state index contributed by atoms with van der Waals surface area (Å²) in [5, 5.41) is 0. The van der Waals surface area contributed by atoms with Crippen LogP contribution in [0.25, 0.3) is 0 Å². The summed E-state index contributed by atoms with van der Waals surface area (Å²) >= 11 is 0. The second-order valence-corrected chi connectivity index (χ2v) is 5.76. The highest BCUT2D eigenvalue weighted by molar-refractivity contribution is 5.91. The average Bonchev–Trinajstić information content (AvgIpc) is 2.64. The number of hydrogen-bond acceptors (Lipinski definition) is 5. The fourth-order valence-electron chi connectivity index (χ4n) is 2.24. The third kappa shape index (κ3) is 5.77. The molecule has 0 unspecified atom stereocenters. The number of carbonyl (C=O) groups is 2. The van der Waals surface area contributed by atoms with E-state index in [9.17, 15) is 9.59 Å². The Balaban J connectivity index is 1.83. The highest BCUT2D eigenvalue weighted by Crippen LogP contribution is 2.21. The summed E-state index contributed by atoms with van der Waals surface area (Å²) in [5.41, 5.74) is 2.47. The topological polar surface area (TPSA) is 61.8 Å². The Labute approximate surface area is 153 Å². The van der Waals surface area contributed by atoms with Gasteiger partial charge < -0.3 is 14.2 Å². The van der Waals surface area contributed by atoms with Crippen molar-refractivity contribution in [2.24, 2.45) is 0 Å². The van der Waals surface area contributed by atoms with Crippen molar-refractivity contribution in [1.82, 2.24) is 0 Å². The van der Waals surface area contributed by atoms with E-state index in [1.165, 1.54) is 0 Å². The Morgan fingerprint density at radius 3 is 2.42 bits per heavy atom. The van der Waals surface area contributed by atoms with Gasteiger partial charge in [0, 0.05) is 12.5 Å². The van der Waals surface area contributed by atoms with Gasteiger partial charge >= 0.3 is 11.9 Å². The Morgan fingerprint density at radius 1 is 1.04 bits per heavy atom. The molecule has 0 N–H and O–H groups in total. The second kappa shape index (κ2) is 9.42. The minimum absolute atomic E-state index is 0.269. The molecule has 5 nitrogen and oxygen atoms in total. The summed E-state index contributed by atoms with van der Waals surface area (Å²) < 4.78 is 15.8. The monoisotopic (exact) mass is 354 g/mol. The average molecular weight is 354 g/mol. The maximum Gasteiger partial charge on any atom is 0.343 e. The predicted molar refractivity (Wildman–Crippen MR) is 98.6 cm³/mol. The molecule has 0 atom stereocenters. The zero-order valence-electron chi connectivity index (χ0n) is 15.0. The highest BCUT2D eigenvalue weighted by atomic mass is 16.5. The van der Waals surface area contributed by atoms with Crippen molar-refractivity contribution in [3.8, 4) is 11.5 Å². The molecule has 5 heteroatoms. The van der Waals surface area contributed by atoms with Crippen molar-refractivity contribution in [3.05, 3.63) is 71.8 Å². The zero-order valence-corrected chi connectivity index (χ0v) is 15.0. The lowest BCUT2D eigenvalue weighted by Crippen LogP contribution is -2.09. The molecule has 0 saturated heterocycles. The fourth-order valence-corrected chi connectivity index (χ4v) is 2.24. The molecule has 0 bridgehead atoms. The third-order valence-corrected chi connectivity index (χ3v) is 3.59. The predicted octanol–water partition coefficient (Wildman–Crippen LogP) is 4.02. The quantitative estimate of drug-likeness (QED) is 0.310. The SMILES string of the molecule is C=CC(=O)OCCCOc1ccc(C(=O)Oc2ccc(C)cc2C)cc1. The van der Waals surface area contributed by atoms with Crippen LogP contribution in [0, 0.1) is 13.8 Å². The van der Waals surface area contributed by atoms with Gasteiger partial charge in [0.25, 0.3) is 0 Å². The molecule has 0 aliphatic heterocycles. The smallest absolute Gasteiger partial charge is 0.343 e. The summed E-state index contributed by atoms with van der Waals surface area (Å²) in [6.45, 7) is 7.88. The minimum atomic E-state index is -0.448. The van der Waals surface area contributed by atoms with Gasteiger partial charge in [-0.15, -0.1) is 0 Å². The minimum Gasteiger partial charge on any atom is -0.493 e. The largest absolute Gasteiger partial charge is 0.493 e. The maximum atomic E-state index is 12.2. The molecule has 136 valence electrons. The fraction of sp³-hybridized carbons (Fsp3) is 0.238. The molecule has 0 radical (unpaired) electrons. The molecule has 2 rings (SSSR count). The lowest BCUT2D eigenvalue weighted by Gasteiger charge is -2.09. The molecule has 2 aromatic rings. The van der Waals surface area contributed by atoms with E-state index in [0.717, 1.165) is 17.2 Å². The van der Waals surface area contributed by atoms with E-state index in [0.29, 0.717) is 30.1 Å². The van der Waals surface area contributed by atoms with Crippen LogP contribution in [0.4, 0.5) is 0 Å². The van der Waals surface area contributed by atoms with Crippen LogP contribution in [0.3, 0.4) is 0 Å². The molecular formula is C21H22O5. The van der Waals surface area contributed by atoms with E-state index in [2.05, 4.69) is 6.58 Å². The van der Waals surface area contributed by atoms with Crippen molar-refractivity contribution in [3.63, 3.8) is 0 Å². The number of esters is 2. The molecule has 0 aliphatic rings. The first-order valence-corrected chi connectivity index (χ1v) is 8.31. The zero-order chi connectivity index (χ0) is 18.9. The Morgan fingerprint density at radius 2 is 1.77 bits per heavy atom. The normalized spacial score (nSPS) is 10.1. The summed E-state index contributed by atoms with van der Waals surface area (Å²) in [6.07, 6.45) is 1.69.